The van der Waals surface area contributed by atoms with Gasteiger partial charge in [0, 0.05) is 49.8 Å². The van der Waals surface area contributed by atoms with Gasteiger partial charge in [-0.05, 0) is 40.8 Å². The van der Waals surface area contributed by atoms with Crippen LogP contribution >= 0.6 is 0 Å². The lowest BCUT2D eigenvalue weighted by molar-refractivity contribution is -0.133. The zero-order chi connectivity index (χ0) is 18.6. The van der Waals surface area contributed by atoms with Crippen LogP contribution in [0, 0.1) is 0 Å². The Morgan fingerprint density at radius 2 is 1.70 bits per heavy atom. The maximum atomic E-state index is 12.8. The van der Waals surface area contributed by atoms with Crippen molar-refractivity contribution in [1.82, 2.24) is 34.6 Å². The quantitative estimate of drug-likeness (QED) is 0.670. The van der Waals surface area contributed by atoms with Gasteiger partial charge in [-0.1, -0.05) is 6.07 Å². The Balaban J connectivity index is 1.37. The summed E-state index contributed by atoms with van der Waals surface area (Å²) in [4.78, 5) is 28.7. The number of hydrogen-bond donors (Lipinski definition) is 0. The SMILES string of the molecule is O=C(Cn1cnnn1)N1CCN(C(=O)c2cccc(-n3cccc3)c2)CC1. The van der Waals surface area contributed by atoms with Gasteiger partial charge in [-0.15, -0.1) is 5.10 Å². The van der Waals surface area contributed by atoms with E-state index in [2.05, 4.69) is 15.5 Å². The van der Waals surface area contributed by atoms with Gasteiger partial charge < -0.3 is 14.4 Å². The summed E-state index contributed by atoms with van der Waals surface area (Å²) >= 11 is 0. The molecule has 138 valence electrons. The molecule has 0 N–H and O–H groups in total. The van der Waals surface area contributed by atoms with E-state index in [1.807, 2.05) is 53.4 Å². The van der Waals surface area contributed by atoms with E-state index in [1.165, 1.54) is 11.0 Å². The maximum Gasteiger partial charge on any atom is 0.254 e. The molecule has 0 radical (unpaired) electrons. The molecule has 1 aliphatic rings. The molecule has 9 heteroatoms. The van der Waals surface area contributed by atoms with Crippen molar-refractivity contribution < 1.29 is 9.59 Å². The molecular weight excluding hydrogens is 346 g/mol. The lowest BCUT2D eigenvalue weighted by Gasteiger charge is -2.34. The van der Waals surface area contributed by atoms with E-state index >= 15 is 0 Å². The van der Waals surface area contributed by atoms with Crippen molar-refractivity contribution in [2.45, 2.75) is 6.54 Å². The molecule has 1 aliphatic heterocycles. The van der Waals surface area contributed by atoms with E-state index in [9.17, 15) is 9.59 Å². The zero-order valence-electron chi connectivity index (χ0n) is 14.7. The summed E-state index contributed by atoms with van der Waals surface area (Å²) in [5.74, 6) is -0.0689. The number of carbonyl (C=O) groups excluding carboxylic acids is 2. The summed E-state index contributed by atoms with van der Waals surface area (Å²) in [6, 6.07) is 11.4. The van der Waals surface area contributed by atoms with Crippen LogP contribution < -0.4 is 0 Å². The molecule has 0 saturated carbocycles. The van der Waals surface area contributed by atoms with Crippen LogP contribution in [0.5, 0.6) is 0 Å². The highest BCUT2D eigenvalue weighted by Gasteiger charge is 2.25. The number of aromatic nitrogens is 5. The fourth-order valence-electron chi connectivity index (χ4n) is 3.14. The van der Waals surface area contributed by atoms with E-state index in [1.54, 1.807) is 9.80 Å². The molecule has 1 saturated heterocycles. The van der Waals surface area contributed by atoms with Crippen molar-refractivity contribution in [1.29, 1.82) is 0 Å². The van der Waals surface area contributed by atoms with Crippen molar-refractivity contribution >= 4 is 11.8 Å². The summed E-state index contributed by atoms with van der Waals surface area (Å²) in [5.41, 5.74) is 1.59. The Kier molecular flexibility index (Phi) is 4.65. The fourth-order valence-corrected chi connectivity index (χ4v) is 3.14. The second kappa shape index (κ2) is 7.40. The number of rotatable bonds is 4. The third-order valence-corrected chi connectivity index (χ3v) is 4.60. The summed E-state index contributed by atoms with van der Waals surface area (Å²) in [6.45, 7) is 2.13. The van der Waals surface area contributed by atoms with Crippen molar-refractivity contribution in [3.63, 3.8) is 0 Å². The molecule has 1 aromatic carbocycles. The van der Waals surface area contributed by atoms with Gasteiger partial charge in [0.1, 0.15) is 12.9 Å². The molecule has 27 heavy (non-hydrogen) atoms. The molecule has 3 aromatic rings. The smallest absolute Gasteiger partial charge is 0.254 e. The zero-order valence-corrected chi connectivity index (χ0v) is 14.7. The van der Waals surface area contributed by atoms with Crippen LogP contribution in [0.3, 0.4) is 0 Å². The second-order valence-corrected chi connectivity index (χ2v) is 6.32. The average Bonchev–Trinajstić information content (AvgIpc) is 3.42. The Labute approximate surface area is 155 Å². The minimum Gasteiger partial charge on any atom is -0.338 e. The van der Waals surface area contributed by atoms with Crippen LogP contribution in [0.4, 0.5) is 0 Å². The first-order valence-corrected chi connectivity index (χ1v) is 8.72. The number of carbonyl (C=O) groups is 2. The lowest BCUT2D eigenvalue weighted by Crippen LogP contribution is -2.51. The molecule has 0 unspecified atom stereocenters. The highest BCUT2D eigenvalue weighted by Crippen LogP contribution is 2.14. The maximum absolute atomic E-state index is 12.8. The molecule has 2 amide bonds. The molecule has 0 spiro atoms. The van der Waals surface area contributed by atoms with Gasteiger partial charge in [0.2, 0.25) is 5.91 Å². The van der Waals surface area contributed by atoms with Gasteiger partial charge in [0.15, 0.2) is 0 Å². The van der Waals surface area contributed by atoms with Crippen LogP contribution in [0.25, 0.3) is 5.69 Å². The lowest BCUT2D eigenvalue weighted by atomic mass is 10.1. The number of tetrazole rings is 1. The molecule has 0 bridgehead atoms. The third-order valence-electron chi connectivity index (χ3n) is 4.60. The molecular formula is C18H19N7O2. The predicted molar refractivity (Wildman–Crippen MR) is 96.1 cm³/mol. The Bertz CT molecular complexity index is 913. The minimum atomic E-state index is -0.0518. The van der Waals surface area contributed by atoms with Gasteiger partial charge in [0.05, 0.1) is 0 Å². The highest BCUT2D eigenvalue weighted by molar-refractivity contribution is 5.95. The molecule has 1 fully saturated rings. The topological polar surface area (TPSA) is 89.2 Å². The van der Waals surface area contributed by atoms with Crippen molar-refractivity contribution in [2.75, 3.05) is 26.2 Å². The fraction of sp³-hybridized carbons (Fsp3) is 0.278. The van der Waals surface area contributed by atoms with E-state index < -0.39 is 0 Å². The molecule has 4 rings (SSSR count). The molecule has 0 atom stereocenters. The largest absolute Gasteiger partial charge is 0.338 e. The minimum absolute atomic E-state index is 0.0171. The van der Waals surface area contributed by atoms with Crippen molar-refractivity contribution in [3.05, 3.63) is 60.7 Å². The number of nitrogens with zero attached hydrogens (tertiary/aromatic N) is 7. The first-order chi connectivity index (χ1) is 13.2. The van der Waals surface area contributed by atoms with Crippen molar-refractivity contribution in [2.24, 2.45) is 0 Å². The van der Waals surface area contributed by atoms with E-state index in [-0.39, 0.29) is 18.4 Å². The summed E-state index contributed by atoms with van der Waals surface area (Å²) in [7, 11) is 0. The van der Waals surface area contributed by atoms with Gasteiger partial charge in [-0.25, -0.2) is 4.68 Å². The molecule has 9 nitrogen and oxygen atoms in total. The Morgan fingerprint density at radius 1 is 0.963 bits per heavy atom. The number of amides is 2. The van der Waals surface area contributed by atoms with Crippen LogP contribution in [-0.4, -0.2) is 72.6 Å². The predicted octanol–water partition coefficient (Wildman–Crippen LogP) is 0.448. The third kappa shape index (κ3) is 3.71. The summed E-state index contributed by atoms with van der Waals surface area (Å²) < 4.78 is 3.36. The second-order valence-electron chi connectivity index (χ2n) is 6.32. The first-order valence-electron chi connectivity index (χ1n) is 8.72. The monoisotopic (exact) mass is 365 g/mol. The number of hydrogen-bond acceptors (Lipinski definition) is 5. The Morgan fingerprint density at radius 3 is 2.41 bits per heavy atom. The number of benzene rings is 1. The number of piperazine rings is 1. The van der Waals surface area contributed by atoms with Gasteiger partial charge in [-0.3, -0.25) is 9.59 Å². The standard InChI is InChI=1S/C18H19N7O2/c26-17(13-25-14-19-20-21-25)23-8-10-24(11-9-23)18(27)15-4-3-5-16(12-15)22-6-1-2-7-22/h1-7,12,14H,8-11,13H2. The normalized spacial score (nSPS) is 14.4. The van der Waals surface area contributed by atoms with Crippen molar-refractivity contribution in [3.8, 4) is 5.69 Å². The van der Waals surface area contributed by atoms with Crippen LogP contribution in [0.1, 0.15) is 10.4 Å². The van der Waals surface area contributed by atoms with Gasteiger partial charge in [0.25, 0.3) is 5.91 Å². The Hall–Kier alpha value is -3.49. The van der Waals surface area contributed by atoms with Gasteiger partial charge >= 0.3 is 0 Å². The molecule has 2 aromatic heterocycles. The molecule has 3 heterocycles. The average molecular weight is 365 g/mol. The van der Waals surface area contributed by atoms with E-state index in [0.717, 1.165) is 5.69 Å². The highest BCUT2D eigenvalue weighted by atomic mass is 16.2. The summed E-state index contributed by atoms with van der Waals surface area (Å²) in [5, 5.41) is 10.7. The van der Waals surface area contributed by atoms with Crippen LogP contribution in [-0.2, 0) is 11.3 Å². The van der Waals surface area contributed by atoms with E-state index in [0.29, 0.717) is 31.7 Å². The van der Waals surface area contributed by atoms with Crippen LogP contribution in [0.2, 0.25) is 0 Å². The summed E-state index contributed by atoms with van der Waals surface area (Å²) in [6.07, 6.45) is 5.30. The first kappa shape index (κ1) is 17.0. The van der Waals surface area contributed by atoms with Crippen LogP contribution in [0.15, 0.2) is 55.1 Å². The van der Waals surface area contributed by atoms with E-state index in [4.69, 9.17) is 0 Å². The van der Waals surface area contributed by atoms with Gasteiger partial charge in [-0.2, -0.15) is 0 Å². The molecule has 0 aliphatic carbocycles.